The maximum Gasteiger partial charge on any atom is 0.247 e. The van der Waals surface area contributed by atoms with Crippen molar-refractivity contribution in [2.75, 3.05) is 24.6 Å². The van der Waals surface area contributed by atoms with Gasteiger partial charge in [-0.05, 0) is 44.2 Å². The molecule has 1 N–H and O–H groups in total. The highest BCUT2D eigenvalue weighted by Gasteiger charge is 2.75. The first-order valence-corrected chi connectivity index (χ1v) is 16.1. The van der Waals surface area contributed by atoms with Gasteiger partial charge in [0.2, 0.25) is 17.7 Å². The maximum absolute atomic E-state index is 14.7. The van der Waals surface area contributed by atoms with Crippen molar-refractivity contribution in [1.29, 1.82) is 0 Å². The number of rotatable bonds is 14. The number of fused-ring (bicyclic) bond motifs is 1. The van der Waals surface area contributed by atoms with E-state index in [1.807, 2.05) is 49.1 Å². The number of anilines is 1. The van der Waals surface area contributed by atoms with E-state index in [0.717, 1.165) is 31.4 Å². The molecule has 1 aromatic rings. The average molecular weight is 582 g/mol. The first-order valence-electron chi connectivity index (χ1n) is 15.2. The predicted octanol–water partition coefficient (Wildman–Crippen LogP) is 4.91. The van der Waals surface area contributed by atoms with Gasteiger partial charge in [0.05, 0.1) is 29.2 Å². The third-order valence-corrected chi connectivity index (χ3v) is 11.5. The quantitative estimate of drug-likeness (QED) is 0.316. The molecule has 0 radical (unpaired) electrons. The van der Waals surface area contributed by atoms with Crippen molar-refractivity contribution in [2.45, 2.75) is 87.9 Å². The molecular weight excluding hydrogens is 534 g/mol. The van der Waals surface area contributed by atoms with Crippen molar-refractivity contribution >= 4 is 35.2 Å². The molecule has 3 amide bonds. The highest BCUT2D eigenvalue weighted by molar-refractivity contribution is 8.02. The molecule has 0 aliphatic carbocycles. The van der Waals surface area contributed by atoms with Crippen LogP contribution >= 0.6 is 11.8 Å². The highest BCUT2D eigenvalue weighted by Crippen LogP contribution is 2.67. The lowest BCUT2D eigenvalue weighted by Crippen LogP contribution is -2.59. The highest BCUT2D eigenvalue weighted by atomic mass is 32.2. The topological polar surface area (TPSA) is 81.2 Å². The number of likely N-dealkylation sites (tertiary alicyclic amines) is 1. The van der Waals surface area contributed by atoms with Gasteiger partial charge in [-0.25, -0.2) is 0 Å². The summed E-state index contributed by atoms with van der Waals surface area (Å²) in [4.78, 5) is 49.0. The number of thioether (sulfide) groups is 1. The van der Waals surface area contributed by atoms with Crippen LogP contribution in [0.5, 0.6) is 0 Å². The molecule has 3 saturated heterocycles. The molecule has 41 heavy (non-hydrogen) atoms. The molecule has 1 aromatic carbocycles. The fourth-order valence-corrected chi connectivity index (χ4v) is 9.61. The maximum atomic E-state index is 14.7. The summed E-state index contributed by atoms with van der Waals surface area (Å²) in [7, 11) is 0. The fourth-order valence-electron chi connectivity index (χ4n) is 7.42. The van der Waals surface area contributed by atoms with E-state index in [1.165, 1.54) is 0 Å². The monoisotopic (exact) mass is 581 g/mol. The van der Waals surface area contributed by atoms with E-state index < -0.39 is 28.7 Å². The smallest absolute Gasteiger partial charge is 0.247 e. The largest absolute Gasteiger partial charge is 0.394 e. The number of aliphatic hydroxyl groups excluding tert-OH is 1. The summed E-state index contributed by atoms with van der Waals surface area (Å²) < 4.78 is -0.706. The van der Waals surface area contributed by atoms with Crippen molar-refractivity contribution in [3.8, 4) is 0 Å². The fraction of sp³-hybridized carbons (Fsp3) is 0.606. The standard InChI is InChI=1S/C33H47N3O4S/c1-7-14-23(6)34(19-8-2)32(40)29-33-18-17-26(41-33)27(28(33)31(39)36(29)25(21-37)22(5)10-4)30(38)35(20-9-3)24-15-12-11-13-16-24/h8-9,11-13,15-16,22-23,25-29,37H,2-3,7,10,14,17-21H2,1,4-6H3/t22-,23?,25-,26+,27-,28-,29?,33?/m0/s1. The predicted molar refractivity (Wildman–Crippen MR) is 167 cm³/mol. The molecule has 4 rings (SSSR count). The Balaban J connectivity index is 1.82. The molecule has 1 spiro atoms. The Kier molecular flexibility index (Phi) is 10.1. The molecule has 3 fully saturated rings. The van der Waals surface area contributed by atoms with Crippen LogP contribution in [0, 0.1) is 17.8 Å². The SMILES string of the molecule is C=CCN(C(=O)[C@@H]1[C@H]2C(=O)N([C@@H](CO)[C@@H](C)CC)C(C(=O)N(CC=C)C(C)CCC)C23CC[C@H]1S3)c1ccccc1. The Bertz CT molecular complexity index is 1130. The summed E-state index contributed by atoms with van der Waals surface area (Å²) in [5, 5.41) is 10.6. The Morgan fingerprint density at radius 3 is 2.41 bits per heavy atom. The van der Waals surface area contributed by atoms with Crippen LogP contribution in [-0.4, -0.2) is 80.4 Å². The molecule has 3 aliphatic rings. The average Bonchev–Trinajstić information content (AvgIpc) is 3.62. The molecule has 0 aromatic heterocycles. The van der Waals surface area contributed by atoms with Gasteiger partial charge >= 0.3 is 0 Å². The molecule has 8 atom stereocenters. The Labute approximate surface area is 250 Å². The number of hydrogen-bond acceptors (Lipinski definition) is 5. The Morgan fingerprint density at radius 1 is 1.15 bits per heavy atom. The Hall–Kier alpha value is -2.58. The summed E-state index contributed by atoms with van der Waals surface area (Å²) in [6.07, 6.45) is 7.47. The van der Waals surface area contributed by atoms with Gasteiger partial charge in [0.25, 0.3) is 0 Å². The lowest BCUT2D eigenvalue weighted by atomic mass is 9.70. The second kappa shape index (κ2) is 13.2. The normalized spacial score (nSPS) is 28.6. The summed E-state index contributed by atoms with van der Waals surface area (Å²) >= 11 is 1.68. The van der Waals surface area contributed by atoms with Crippen LogP contribution in [0.15, 0.2) is 55.6 Å². The van der Waals surface area contributed by atoms with E-state index in [1.54, 1.807) is 33.7 Å². The van der Waals surface area contributed by atoms with Crippen molar-refractivity contribution < 1.29 is 19.5 Å². The van der Waals surface area contributed by atoms with Gasteiger partial charge in [-0.15, -0.1) is 24.9 Å². The number of carbonyl (C=O) groups excluding carboxylic acids is 3. The van der Waals surface area contributed by atoms with Crippen LogP contribution in [0.2, 0.25) is 0 Å². The van der Waals surface area contributed by atoms with Gasteiger partial charge in [-0.2, -0.15) is 0 Å². The first kappa shape index (κ1) is 31.4. The van der Waals surface area contributed by atoms with E-state index >= 15 is 0 Å². The lowest BCUT2D eigenvalue weighted by Gasteiger charge is -2.42. The Morgan fingerprint density at radius 2 is 1.83 bits per heavy atom. The second-order valence-corrected chi connectivity index (χ2v) is 13.5. The summed E-state index contributed by atoms with van der Waals surface area (Å²) in [6, 6.07) is 8.27. The summed E-state index contributed by atoms with van der Waals surface area (Å²) in [6.45, 7) is 16.5. The van der Waals surface area contributed by atoms with Crippen molar-refractivity contribution in [3.05, 3.63) is 55.6 Å². The van der Waals surface area contributed by atoms with Gasteiger partial charge in [0.1, 0.15) is 6.04 Å². The summed E-state index contributed by atoms with van der Waals surface area (Å²) in [5.74, 6) is -1.51. The van der Waals surface area contributed by atoms with E-state index in [9.17, 15) is 19.5 Å². The zero-order chi connectivity index (χ0) is 29.9. The number of hydrogen-bond donors (Lipinski definition) is 1. The molecular formula is C33H47N3O4S. The molecule has 3 heterocycles. The minimum absolute atomic E-state index is 0.00618. The van der Waals surface area contributed by atoms with Crippen LogP contribution in [0.25, 0.3) is 0 Å². The van der Waals surface area contributed by atoms with Gasteiger partial charge in [0, 0.05) is 30.1 Å². The number of amides is 3. The van der Waals surface area contributed by atoms with E-state index in [2.05, 4.69) is 27.0 Å². The van der Waals surface area contributed by atoms with Gasteiger partial charge in [-0.3, -0.25) is 14.4 Å². The third-order valence-electron chi connectivity index (χ3n) is 9.60. The van der Waals surface area contributed by atoms with Gasteiger partial charge in [-0.1, -0.05) is 64.0 Å². The second-order valence-electron chi connectivity index (χ2n) is 11.9. The van der Waals surface area contributed by atoms with Crippen molar-refractivity contribution in [1.82, 2.24) is 9.80 Å². The summed E-state index contributed by atoms with van der Waals surface area (Å²) in [5.41, 5.74) is 0.771. The number of carbonyl (C=O) groups is 3. The first-order chi connectivity index (χ1) is 19.7. The van der Waals surface area contributed by atoms with Crippen LogP contribution in [-0.2, 0) is 14.4 Å². The van der Waals surface area contributed by atoms with Crippen LogP contribution < -0.4 is 4.90 Å². The van der Waals surface area contributed by atoms with E-state index in [0.29, 0.717) is 19.5 Å². The van der Waals surface area contributed by atoms with Gasteiger partial charge < -0.3 is 19.8 Å². The number of aliphatic hydroxyl groups is 1. The van der Waals surface area contributed by atoms with Crippen LogP contribution in [0.4, 0.5) is 5.69 Å². The number of nitrogens with zero attached hydrogens (tertiary/aromatic N) is 3. The molecule has 3 aliphatic heterocycles. The van der Waals surface area contributed by atoms with Crippen LogP contribution in [0.3, 0.4) is 0 Å². The molecule has 3 unspecified atom stereocenters. The van der Waals surface area contributed by atoms with Crippen molar-refractivity contribution in [3.63, 3.8) is 0 Å². The number of benzene rings is 1. The van der Waals surface area contributed by atoms with Crippen molar-refractivity contribution in [2.24, 2.45) is 17.8 Å². The molecule has 2 bridgehead atoms. The lowest BCUT2D eigenvalue weighted by molar-refractivity contribution is -0.147. The zero-order valence-corrected chi connectivity index (χ0v) is 25.9. The van der Waals surface area contributed by atoms with Gasteiger partial charge in [0.15, 0.2) is 0 Å². The minimum Gasteiger partial charge on any atom is -0.394 e. The minimum atomic E-state index is -0.734. The zero-order valence-electron chi connectivity index (χ0n) is 25.1. The van der Waals surface area contributed by atoms with E-state index in [-0.39, 0.29) is 41.5 Å². The molecule has 7 nitrogen and oxygen atoms in total. The molecule has 224 valence electrons. The van der Waals surface area contributed by atoms with E-state index in [4.69, 9.17) is 0 Å². The third kappa shape index (κ3) is 5.38. The molecule has 8 heteroatoms. The number of para-hydroxylation sites is 1. The molecule has 0 saturated carbocycles. The van der Waals surface area contributed by atoms with Crippen LogP contribution in [0.1, 0.15) is 59.8 Å².